The minimum atomic E-state index is -3.60. The maximum absolute atomic E-state index is 12.7. The second-order valence-corrected chi connectivity index (χ2v) is 10.8. The van der Waals surface area contributed by atoms with Crippen LogP contribution < -0.4 is 5.32 Å². The molecule has 1 fully saturated rings. The smallest absolute Gasteiger partial charge is 0.341 e. The normalized spacial score (nSPS) is 16.9. The van der Waals surface area contributed by atoms with Crippen LogP contribution in [0.4, 0.5) is 5.00 Å². The van der Waals surface area contributed by atoms with Gasteiger partial charge in [0.2, 0.25) is 10.0 Å². The average Bonchev–Trinajstić information content (AvgIpc) is 3.21. The van der Waals surface area contributed by atoms with E-state index in [2.05, 4.69) is 5.32 Å². The number of nitrogens with one attached hydrogen (secondary N) is 1. The SMILES string of the molecule is COC(=O)c1c(NCC(=O)c2ccc(S(=O)(=O)N3CCOCC3)cc2)sc2c1CCCC2. The van der Waals surface area contributed by atoms with Gasteiger partial charge < -0.3 is 14.8 Å². The highest BCUT2D eigenvalue weighted by Gasteiger charge is 2.27. The number of anilines is 1. The Kier molecular flexibility index (Phi) is 6.94. The van der Waals surface area contributed by atoms with Crippen LogP contribution in [0.2, 0.25) is 0 Å². The molecule has 32 heavy (non-hydrogen) atoms. The number of morpholine rings is 1. The minimum Gasteiger partial charge on any atom is -0.465 e. The molecule has 0 spiro atoms. The third-order valence-corrected chi connectivity index (χ3v) is 8.92. The van der Waals surface area contributed by atoms with Crippen molar-refractivity contribution in [1.29, 1.82) is 0 Å². The highest BCUT2D eigenvalue weighted by Crippen LogP contribution is 2.38. The molecular formula is C22H26N2O6S2. The number of nitrogens with zero attached hydrogens (tertiary/aromatic N) is 1. The fraction of sp³-hybridized carbons (Fsp3) is 0.455. The lowest BCUT2D eigenvalue weighted by Gasteiger charge is -2.26. The van der Waals surface area contributed by atoms with E-state index < -0.39 is 16.0 Å². The van der Waals surface area contributed by atoms with Gasteiger partial charge in [0.05, 0.1) is 37.3 Å². The molecule has 0 atom stereocenters. The highest BCUT2D eigenvalue weighted by atomic mass is 32.2. The van der Waals surface area contributed by atoms with Crippen molar-refractivity contribution >= 4 is 38.1 Å². The Morgan fingerprint density at radius 1 is 1.12 bits per heavy atom. The average molecular weight is 479 g/mol. The molecular weight excluding hydrogens is 452 g/mol. The zero-order chi connectivity index (χ0) is 22.7. The first-order valence-electron chi connectivity index (χ1n) is 10.6. The Balaban J connectivity index is 1.46. The maximum Gasteiger partial charge on any atom is 0.341 e. The lowest BCUT2D eigenvalue weighted by molar-refractivity contribution is 0.0600. The van der Waals surface area contributed by atoms with Crippen molar-refractivity contribution < 1.29 is 27.5 Å². The van der Waals surface area contributed by atoms with Gasteiger partial charge in [0, 0.05) is 23.5 Å². The fourth-order valence-corrected chi connectivity index (χ4v) is 6.70. The Morgan fingerprint density at radius 2 is 1.81 bits per heavy atom. The summed E-state index contributed by atoms with van der Waals surface area (Å²) in [6.07, 6.45) is 3.89. The number of carbonyl (C=O) groups excluding carboxylic acids is 2. The molecule has 4 rings (SSSR count). The van der Waals surface area contributed by atoms with Gasteiger partial charge in [0.25, 0.3) is 0 Å². The lowest BCUT2D eigenvalue weighted by atomic mass is 9.95. The van der Waals surface area contributed by atoms with Crippen molar-refractivity contribution in [1.82, 2.24) is 4.31 Å². The number of Topliss-reactive ketones (excluding diaryl/α,β-unsaturated/α-hetero) is 1. The van der Waals surface area contributed by atoms with Crippen molar-refractivity contribution in [3.05, 3.63) is 45.8 Å². The quantitative estimate of drug-likeness (QED) is 0.482. The number of rotatable bonds is 7. The third kappa shape index (κ3) is 4.59. The number of carbonyl (C=O) groups is 2. The van der Waals surface area contributed by atoms with Crippen LogP contribution in [0.3, 0.4) is 0 Å². The van der Waals surface area contributed by atoms with Crippen LogP contribution in [-0.2, 0) is 32.3 Å². The molecule has 1 aromatic carbocycles. The van der Waals surface area contributed by atoms with Crippen LogP contribution in [0.25, 0.3) is 0 Å². The predicted molar refractivity (Wildman–Crippen MR) is 121 cm³/mol. The van der Waals surface area contributed by atoms with Gasteiger partial charge in [-0.25, -0.2) is 13.2 Å². The molecule has 2 aromatic rings. The van der Waals surface area contributed by atoms with E-state index in [0.29, 0.717) is 42.4 Å². The van der Waals surface area contributed by atoms with Crippen LogP contribution in [0.5, 0.6) is 0 Å². The van der Waals surface area contributed by atoms with Gasteiger partial charge in [0.15, 0.2) is 5.78 Å². The monoisotopic (exact) mass is 478 g/mol. The number of hydrogen-bond acceptors (Lipinski definition) is 8. The van der Waals surface area contributed by atoms with E-state index >= 15 is 0 Å². The van der Waals surface area contributed by atoms with E-state index in [-0.39, 0.29) is 17.2 Å². The van der Waals surface area contributed by atoms with Gasteiger partial charge in [-0.2, -0.15) is 4.31 Å². The lowest BCUT2D eigenvalue weighted by Crippen LogP contribution is -2.40. The van der Waals surface area contributed by atoms with Crippen molar-refractivity contribution in [3.63, 3.8) is 0 Å². The number of methoxy groups -OCH3 is 1. The first-order chi connectivity index (χ1) is 15.4. The van der Waals surface area contributed by atoms with E-state index in [0.717, 1.165) is 31.2 Å². The summed E-state index contributed by atoms with van der Waals surface area (Å²) < 4.78 is 37.0. The number of ether oxygens (including phenoxy) is 2. The number of thiophene rings is 1. The van der Waals surface area contributed by atoms with Gasteiger partial charge in [-0.1, -0.05) is 0 Å². The van der Waals surface area contributed by atoms with Crippen molar-refractivity contribution in [2.24, 2.45) is 0 Å². The molecule has 172 valence electrons. The zero-order valence-electron chi connectivity index (χ0n) is 17.9. The van der Waals surface area contributed by atoms with E-state index in [9.17, 15) is 18.0 Å². The molecule has 10 heteroatoms. The molecule has 2 heterocycles. The van der Waals surface area contributed by atoms with Gasteiger partial charge in [-0.05, 0) is 55.5 Å². The number of esters is 1. The van der Waals surface area contributed by atoms with Crippen molar-refractivity contribution in [3.8, 4) is 0 Å². The maximum atomic E-state index is 12.7. The van der Waals surface area contributed by atoms with Gasteiger partial charge in [0.1, 0.15) is 5.00 Å². The second kappa shape index (κ2) is 9.70. The van der Waals surface area contributed by atoms with Crippen LogP contribution in [0, 0.1) is 0 Å². The van der Waals surface area contributed by atoms with Gasteiger partial charge in [-0.15, -0.1) is 11.3 Å². The first kappa shape index (κ1) is 22.9. The molecule has 0 amide bonds. The number of ketones is 1. The summed E-state index contributed by atoms with van der Waals surface area (Å²) in [5.41, 5.74) is 1.96. The largest absolute Gasteiger partial charge is 0.465 e. The summed E-state index contributed by atoms with van der Waals surface area (Å²) in [6, 6.07) is 5.97. The Morgan fingerprint density at radius 3 is 2.50 bits per heavy atom. The Labute approximate surface area is 191 Å². The number of hydrogen-bond donors (Lipinski definition) is 1. The Bertz CT molecular complexity index is 1100. The topological polar surface area (TPSA) is 102 Å². The minimum absolute atomic E-state index is 0.00104. The van der Waals surface area contributed by atoms with E-state index in [1.54, 1.807) is 0 Å². The Hall–Kier alpha value is -2.27. The molecule has 1 aliphatic heterocycles. The molecule has 1 N–H and O–H groups in total. The third-order valence-electron chi connectivity index (χ3n) is 5.75. The first-order valence-corrected chi connectivity index (χ1v) is 12.9. The van der Waals surface area contributed by atoms with Crippen molar-refractivity contribution in [2.75, 3.05) is 45.3 Å². The number of aryl methyl sites for hydroxylation is 1. The predicted octanol–water partition coefficient (Wildman–Crippen LogP) is 2.73. The number of fused-ring (bicyclic) bond motifs is 1. The summed E-state index contributed by atoms with van der Waals surface area (Å²) in [6.45, 7) is 1.39. The number of benzene rings is 1. The fourth-order valence-electron chi connectivity index (χ4n) is 4.02. The summed E-state index contributed by atoms with van der Waals surface area (Å²) in [4.78, 5) is 26.4. The van der Waals surface area contributed by atoms with Gasteiger partial charge >= 0.3 is 5.97 Å². The van der Waals surface area contributed by atoms with Crippen LogP contribution in [-0.4, -0.2) is 64.4 Å². The summed E-state index contributed by atoms with van der Waals surface area (Å²) >= 11 is 1.51. The number of sulfonamides is 1. The molecule has 1 aromatic heterocycles. The molecule has 1 saturated heterocycles. The molecule has 2 aliphatic rings. The van der Waals surface area contributed by atoms with Crippen LogP contribution >= 0.6 is 11.3 Å². The molecule has 0 unspecified atom stereocenters. The zero-order valence-corrected chi connectivity index (χ0v) is 19.5. The molecule has 0 saturated carbocycles. The van der Waals surface area contributed by atoms with E-state index in [1.165, 1.54) is 51.9 Å². The highest BCUT2D eigenvalue weighted by molar-refractivity contribution is 7.89. The molecule has 0 bridgehead atoms. The molecule has 0 radical (unpaired) electrons. The van der Waals surface area contributed by atoms with Crippen LogP contribution in [0.1, 0.15) is 44.0 Å². The van der Waals surface area contributed by atoms with E-state index in [4.69, 9.17) is 9.47 Å². The molecule has 1 aliphatic carbocycles. The summed E-state index contributed by atoms with van der Waals surface area (Å²) in [5, 5.41) is 3.76. The standard InChI is InChI=1S/C22H26N2O6S2/c1-29-22(26)20-17-4-2-3-5-19(17)31-21(20)23-14-18(25)15-6-8-16(9-7-15)32(27,28)24-10-12-30-13-11-24/h6-9,23H,2-5,10-14H2,1H3. The van der Waals surface area contributed by atoms with Crippen LogP contribution in [0.15, 0.2) is 29.2 Å². The van der Waals surface area contributed by atoms with Crippen molar-refractivity contribution in [2.45, 2.75) is 30.6 Å². The summed E-state index contributed by atoms with van der Waals surface area (Å²) in [7, 11) is -2.25. The summed E-state index contributed by atoms with van der Waals surface area (Å²) in [5.74, 6) is -0.584. The van der Waals surface area contributed by atoms with E-state index in [1.807, 2.05) is 0 Å². The molecule has 8 nitrogen and oxygen atoms in total. The van der Waals surface area contributed by atoms with Gasteiger partial charge in [-0.3, -0.25) is 4.79 Å². The second-order valence-electron chi connectivity index (χ2n) is 7.72.